The van der Waals surface area contributed by atoms with Crippen molar-refractivity contribution < 1.29 is 4.74 Å². The van der Waals surface area contributed by atoms with Crippen LogP contribution >= 0.6 is 0 Å². The highest BCUT2D eigenvalue weighted by atomic mass is 16.5. The third-order valence-electron chi connectivity index (χ3n) is 2.86. The average molecular weight is 256 g/mol. The molecule has 1 aromatic carbocycles. The van der Waals surface area contributed by atoms with E-state index in [1.807, 2.05) is 48.3 Å². The molecular weight excluding hydrogens is 240 g/mol. The van der Waals surface area contributed by atoms with Crippen molar-refractivity contribution in [3.8, 4) is 5.75 Å². The Labute approximate surface area is 112 Å². The first-order valence-corrected chi connectivity index (χ1v) is 5.80. The molecule has 0 spiro atoms. The molecule has 5 nitrogen and oxygen atoms in total. The summed E-state index contributed by atoms with van der Waals surface area (Å²) in [7, 11) is 3.54. The van der Waals surface area contributed by atoms with Crippen LogP contribution in [0.3, 0.4) is 0 Å². The van der Waals surface area contributed by atoms with E-state index in [9.17, 15) is 0 Å². The van der Waals surface area contributed by atoms with E-state index >= 15 is 0 Å². The summed E-state index contributed by atoms with van der Waals surface area (Å²) < 4.78 is 5.13. The lowest BCUT2D eigenvalue weighted by Crippen LogP contribution is -2.19. The van der Waals surface area contributed by atoms with Crippen LogP contribution in [0.2, 0.25) is 0 Å². The fourth-order valence-corrected chi connectivity index (χ4v) is 1.82. The van der Waals surface area contributed by atoms with Crippen LogP contribution in [-0.2, 0) is 0 Å². The van der Waals surface area contributed by atoms with E-state index < -0.39 is 0 Å². The highest BCUT2D eigenvalue weighted by Gasteiger charge is 2.12. The molecule has 0 fully saturated rings. The number of ether oxygens (including phenoxy) is 1. The highest BCUT2D eigenvalue weighted by molar-refractivity contribution is 5.99. The summed E-state index contributed by atoms with van der Waals surface area (Å²) in [4.78, 5) is 6.08. The first kappa shape index (κ1) is 12.9. The molecule has 0 aliphatic heterocycles. The molecule has 1 aromatic heterocycles. The molecule has 2 rings (SSSR count). The number of pyridine rings is 1. The Balaban J connectivity index is 2.37. The topological polar surface area (TPSA) is 75.2 Å². The Hall–Kier alpha value is -2.56. The number of hydrogen-bond donors (Lipinski definition) is 2. The Morgan fingerprint density at radius 3 is 2.53 bits per heavy atom. The van der Waals surface area contributed by atoms with Crippen LogP contribution in [0.25, 0.3) is 0 Å². The predicted octanol–water partition coefficient (Wildman–Crippen LogP) is 2.14. The minimum atomic E-state index is -0.0454. The minimum absolute atomic E-state index is 0.0454. The Bertz CT molecular complexity index is 580. The van der Waals surface area contributed by atoms with Crippen molar-refractivity contribution >= 4 is 17.2 Å². The standard InChI is InChI=1S/C14H16N4O/c1-18(10-5-7-11(19-2)8-6-10)12-4-3-9-17-13(12)14(15)16/h3-9H,1-2H3,(H3,15,16). The predicted molar refractivity (Wildman–Crippen MR) is 76.3 cm³/mol. The minimum Gasteiger partial charge on any atom is -0.497 e. The number of anilines is 2. The maximum Gasteiger partial charge on any atom is 0.143 e. The molecule has 0 unspecified atom stereocenters. The number of nitrogens with two attached hydrogens (primary N) is 1. The van der Waals surface area contributed by atoms with E-state index in [2.05, 4.69) is 4.98 Å². The van der Waals surface area contributed by atoms with Crippen molar-refractivity contribution in [2.75, 3.05) is 19.1 Å². The van der Waals surface area contributed by atoms with Gasteiger partial charge in [-0.2, -0.15) is 0 Å². The van der Waals surface area contributed by atoms with Gasteiger partial charge < -0.3 is 15.4 Å². The maximum absolute atomic E-state index is 7.56. The van der Waals surface area contributed by atoms with Gasteiger partial charge in [0.2, 0.25) is 0 Å². The summed E-state index contributed by atoms with van der Waals surface area (Å²) >= 11 is 0. The van der Waals surface area contributed by atoms with E-state index in [-0.39, 0.29) is 5.84 Å². The Kier molecular flexibility index (Phi) is 3.66. The summed E-state index contributed by atoms with van der Waals surface area (Å²) in [5, 5.41) is 7.56. The van der Waals surface area contributed by atoms with Gasteiger partial charge in [-0.25, -0.2) is 0 Å². The van der Waals surface area contributed by atoms with Gasteiger partial charge in [0.15, 0.2) is 0 Å². The quantitative estimate of drug-likeness (QED) is 0.649. The molecular formula is C14H16N4O. The SMILES string of the molecule is COc1ccc(N(C)c2cccnc2C(=N)N)cc1. The van der Waals surface area contributed by atoms with E-state index in [4.69, 9.17) is 15.9 Å². The molecule has 0 atom stereocenters. The van der Waals surface area contributed by atoms with Crippen LogP contribution in [-0.4, -0.2) is 25.0 Å². The number of hydrogen-bond acceptors (Lipinski definition) is 4. The van der Waals surface area contributed by atoms with Crippen LogP contribution in [0, 0.1) is 5.41 Å². The van der Waals surface area contributed by atoms with Crippen molar-refractivity contribution in [2.45, 2.75) is 0 Å². The zero-order chi connectivity index (χ0) is 13.8. The Morgan fingerprint density at radius 1 is 1.26 bits per heavy atom. The lowest BCUT2D eigenvalue weighted by Gasteiger charge is -2.21. The van der Waals surface area contributed by atoms with Crippen molar-refractivity contribution in [1.82, 2.24) is 4.98 Å². The molecule has 0 aliphatic carbocycles. The smallest absolute Gasteiger partial charge is 0.143 e. The first-order chi connectivity index (χ1) is 9.13. The molecule has 1 heterocycles. The molecule has 0 saturated heterocycles. The second-order valence-electron chi connectivity index (χ2n) is 4.04. The van der Waals surface area contributed by atoms with Gasteiger partial charge in [0.25, 0.3) is 0 Å². The largest absolute Gasteiger partial charge is 0.497 e. The number of rotatable bonds is 4. The normalized spacial score (nSPS) is 10.0. The molecule has 98 valence electrons. The second-order valence-corrected chi connectivity index (χ2v) is 4.04. The lowest BCUT2D eigenvalue weighted by molar-refractivity contribution is 0.415. The van der Waals surface area contributed by atoms with Gasteiger partial charge >= 0.3 is 0 Å². The van der Waals surface area contributed by atoms with Gasteiger partial charge in [0.05, 0.1) is 12.8 Å². The third kappa shape index (κ3) is 2.65. The molecule has 19 heavy (non-hydrogen) atoms. The van der Waals surface area contributed by atoms with E-state index in [1.165, 1.54) is 0 Å². The molecule has 0 bridgehead atoms. The molecule has 0 radical (unpaired) electrons. The molecule has 0 aliphatic rings. The van der Waals surface area contributed by atoms with Crippen molar-refractivity contribution in [1.29, 1.82) is 5.41 Å². The Morgan fingerprint density at radius 2 is 1.95 bits per heavy atom. The number of nitrogens with one attached hydrogen (secondary N) is 1. The van der Waals surface area contributed by atoms with Crippen LogP contribution in [0.1, 0.15) is 5.69 Å². The number of amidine groups is 1. The van der Waals surface area contributed by atoms with Crippen molar-refractivity contribution in [3.05, 3.63) is 48.3 Å². The van der Waals surface area contributed by atoms with Crippen LogP contribution in [0.4, 0.5) is 11.4 Å². The number of aromatic nitrogens is 1. The average Bonchev–Trinajstić information content (AvgIpc) is 2.46. The lowest BCUT2D eigenvalue weighted by atomic mass is 10.2. The zero-order valence-corrected chi connectivity index (χ0v) is 10.9. The second kappa shape index (κ2) is 5.39. The van der Waals surface area contributed by atoms with E-state index in [1.54, 1.807) is 13.3 Å². The number of nitrogens with zero attached hydrogens (tertiary/aromatic N) is 2. The summed E-state index contributed by atoms with van der Waals surface area (Å²) in [5.74, 6) is 0.756. The van der Waals surface area contributed by atoms with Crippen molar-refractivity contribution in [3.63, 3.8) is 0 Å². The number of nitrogen functional groups attached to an aromatic ring is 1. The molecule has 2 aromatic rings. The van der Waals surface area contributed by atoms with E-state index in [0.717, 1.165) is 17.1 Å². The number of benzene rings is 1. The molecule has 0 saturated carbocycles. The van der Waals surface area contributed by atoms with Gasteiger partial charge in [-0.3, -0.25) is 10.4 Å². The van der Waals surface area contributed by atoms with Gasteiger partial charge in [0.1, 0.15) is 17.3 Å². The fraction of sp³-hybridized carbons (Fsp3) is 0.143. The van der Waals surface area contributed by atoms with Crippen molar-refractivity contribution in [2.24, 2.45) is 5.73 Å². The van der Waals surface area contributed by atoms with Crippen LogP contribution in [0.15, 0.2) is 42.6 Å². The van der Waals surface area contributed by atoms with Gasteiger partial charge in [-0.1, -0.05) is 0 Å². The maximum atomic E-state index is 7.56. The van der Waals surface area contributed by atoms with Gasteiger partial charge in [0, 0.05) is 18.9 Å². The highest BCUT2D eigenvalue weighted by Crippen LogP contribution is 2.27. The van der Waals surface area contributed by atoms with Gasteiger partial charge in [-0.15, -0.1) is 0 Å². The fourth-order valence-electron chi connectivity index (χ4n) is 1.82. The first-order valence-electron chi connectivity index (χ1n) is 5.80. The molecule has 5 heteroatoms. The summed E-state index contributed by atoms with van der Waals surface area (Å²) in [6.45, 7) is 0. The summed E-state index contributed by atoms with van der Waals surface area (Å²) in [6, 6.07) is 11.4. The molecule has 3 N–H and O–H groups in total. The monoisotopic (exact) mass is 256 g/mol. The summed E-state index contributed by atoms with van der Waals surface area (Å²) in [5.41, 5.74) is 7.78. The van der Waals surface area contributed by atoms with Crippen LogP contribution in [0.5, 0.6) is 5.75 Å². The molecule has 0 amide bonds. The van der Waals surface area contributed by atoms with E-state index in [0.29, 0.717) is 5.69 Å². The zero-order valence-electron chi connectivity index (χ0n) is 10.9. The number of methoxy groups -OCH3 is 1. The van der Waals surface area contributed by atoms with Gasteiger partial charge in [-0.05, 0) is 36.4 Å². The van der Waals surface area contributed by atoms with Crippen LogP contribution < -0.4 is 15.4 Å². The third-order valence-corrected chi connectivity index (χ3v) is 2.86. The summed E-state index contributed by atoms with van der Waals surface area (Å²) in [6.07, 6.45) is 1.63.